The minimum absolute atomic E-state index is 0. The van der Waals surface area contributed by atoms with Gasteiger partial charge in [0, 0.05) is 16.8 Å². The summed E-state index contributed by atoms with van der Waals surface area (Å²) in [5.74, 6) is 0. The van der Waals surface area contributed by atoms with Crippen molar-refractivity contribution >= 4 is 6.98 Å². The molecule has 0 saturated carbocycles. The Morgan fingerprint density at radius 3 is 2.19 bits per heavy atom. The van der Waals surface area contributed by atoms with Crippen molar-refractivity contribution in [2.24, 2.45) is 0 Å². The average Bonchev–Trinajstić information content (AvgIpc) is 1.99. The molecular formula is C10H14BF3KN. The SMILES string of the molecule is CC(C)(C)c1cccc(C[B-](F)(F)F)n1.[K+]. The first kappa shape index (κ1) is 16.6. The molecule has 0 amide bonds. The summed E-state index contributed by atoms with van der Waals surface area (Å²) in [4.78, 5) is 4.03. The van der Waals surface area contributed by atoms with Gasteiger partial charge in [0.25, 0.3) is 0 Å². The van der Waals surface area contributed by atoms with E-state index in [9.17, 15) is 12.9 Å². The minimum Gasteiger partial charge on any atom is -0.449 e. The van der Waals surface area contributed by atoms with E-state index in [-0.39, 0.29) is 62.5 Å². The molecule has 0 spiro atoms. The molecule has 0 unspecified atom stereocenters. The smallest absolute Gasteiger partial charge is 0.449 e. The molecule has 16 heavy (non-hydrogen) atoms. The zero-order chi connectivity index (χ0) is 11.7. The molecule has 0 atom stereocenters. The molecule has 0 saturated heterocycles. The van der Waals surface area contributed by atoms with Crippen LogP contribution in [0.15, 0.2) is 18.2 Å². The van der Waals surface area contributed by atoms with Gasteiger partial charge in [-0.05, 0) is 18.5 Å². The van der Waals surface area contributed by atoms with Crippen LogP contribution in [0.1, 0.15) is 32.2 Å². The maximum Gasteiger partial charge on any atom is 1.00 e. The van der Waals surface area contributed by atoms with E-state index in [0.717, 1.165) is 0 Å². The molecule has 0 aromatic carbocycles. The quantitative estimate of drug-likeness (QED) is 0.693. The zero-order valence-corrected chi connectivity index (χ0v) is 13.2. The second-order valence-electron chi connectivity index (χ2n) is 4.68. The van der Waals surface area contributed by atoms with Crippen molar-refractivity contribution in [1.82, 2.24) is 4.98 Å². The van der Waals surface area contributed by atoms with Crippen LogP contribution in [-0.2, 0) is 11.7 Å². The Kier molecular flexibility index (Phi) is 6.24. The maximum absolute atomic E-state index is 12.2. The van der Waals surface area contributed by atoms with Crippen LogP contribution in [0.3, 0.4) is 0 Å². The number of halogens is 3. The van der Waals surface area contributed by atoms with Crippen molar-refractivity contribution in [1.29, 1.82) is 0 Å². The molecule has 1 heterocycles. The molecule has 0 aliphatic carbocycles. The standard InChI is InChI=1S/C10H14BF3N.K/c1-10(2,3)9-6-4-5-8(15-9)7-11(12,13)14;/h4-6H,7H2,1-3H3;/q-1;+1. The van der Waals surface area contributed by atoms with E-state index in [1.54, 1.807) is 12.1 Å². The normalized spacial score (nSPS) is 12.1. The Balaban J connectivity index is 0.00000225. The van der Waals surface area contributed by atoms with E-state index in [1.807, 2.05) is 20.8 Å². The van der Waals surface area contributed by atoms with Crippen LogP contribution >= 0.6 is 0 Å². The van der Waals surface area contributed by atoms with Crippen LogP contribution in [0.2, 0.25) is 0 Å². The van der Waals surface area contributed by atoms with E-state index in [4.69, 9.17) is 0 Å². The van der Waals surface area contributed by atoms with Gasteiger partial charge in [0.15, 0.2) is 0 Å². The van der Waals surface area contributed by atoms with Gasteiger partial charge in [-0.15, -0.1) is 0 Å². The monoisotopic (exact) mass is 255 g/mol. The van der Waals surface area contributed by atoms with Gasteiger partial charge >= 0.3 is 58.4 Å². The summed E-state index contributed by atoms with van der Waals surface area (Å²) in [5, 5.41) is 0. The van der Waals surface area contributed by atoms with Crippen molar-refractivity contribution < 1.29 is 64.3 Å². The fraction of sp³-hybridized carbons (Fsp3) is 0.500. The predicted octanol–water partition coefficient (Wildman–Crippen LogP) is 0.312. The fourth-order valence-corrected chi connectivity index (χ4v) is 1.25. The van der Waals surface area contributed by atoms with Gasteiger partial charge < -0.3 is 12.9 Å². The summed E-state index contributed by atoms with van der Waals surface area (Å²) in [6.07, 6.45) is -0.899. The second kappa shape index (κ2) is 6.00. The first-order valence-electron chi connectivity index (χ1n) is 4.86. The van der Waals surface area contributed by atoms with Crippen LogP contribution < -0.4 is 51.4 Å². The molecule has 6 heteroatoms. The molecule has 0 N–H and O–H groups in total. The Hall–Kier alpha value is 0.641. The summed E-state index contributed by atoms with van der Waals surface area (Å²) < 4.78 is 36.6. The maximum atomic E-state index is 12.2. The van der Waals surface area contributed by atoms with E-state index >= 15 is 0 Å². The van der Waals surface area contributed by atoms with Gasteiger partial charge in [0.1, 0.15) is 0 Å². The first-order chi connectivity index (χ1) is 6.68. The Labute approximate surface area is 137 Å². The van der Waals surface area contributed by atoms with E-state index < -0.39 is 13.3 Å². The summed E-state index contributed by atoms with van der Waals surface area (Å²) in [7, 11) is 0. The van der Waals surface area contributed by atoms with Gasteiger partial charge in [-0.2, -0.15) is 0 Å². The summed E-state index contributed by atoms with van der Waals surface area (Å²) in [5.41, 5.74) is 0.587. The Morgan fingerprint density at radius 2 is 1.75 bits per heavy atom. The van der Waals surface area contributed by atoms with Crippen LogP contribution in [0.5, 0.6) is 0 Å². The zero-order valence-electron chi connectivity index (χ0n) is 10.1. The molecule has 1 nitrogen and oxygen atoms in total. The molecule has 0 radical (unpaired) electrons. The topological polar surface area (TPSA) is 12.9 Å². The number of hydrogen-bond acceptors (Lipinski definition) is 1. The molecule has 0 aliphatic heterocycles. The molecule has 0 aliphatic rings. The molecule has 84 valence electrons. The van der Waals surface area contributed by atoms with Gasteiger partial charge in [-0.25, -0.2) is 0 Å². The predicted molar refractivity (Wildman–Crippen MR) is 55.7 cm³/mol. The van der Waals surface area contributed by atoms with Crippen molar-refractivity contribution in [3.05, 3.63) is 29.6 Å². The third-order valence-electron chi connectivity index (χ3n) is 2.02. The second-order valence-corrected chi connectivity index (χ2v) is 4.68. The van der Waals surface area contributed by atoms with Gasteiger partial charge in [-0.1, -0.05) is 26.8 Å². The third-order valence-corrected chi connectivity index (χ3v) is 2.02. The van der Waals surface area contributed by atoms with Crippen molar-refractivity contribution in [2.75, 3.05) is 0 Å². The number of nitrogens with zero attached hydrogens (tertiary/aromatic N) is 1. The van der Waals surface area contributed by atoms with E-state index in [2.05, 4.69) is 4.98 Å². The van der Waals surface area contributed by atoms with Crippen LogP contribution in [0, 0.1) is 0 Å². The van der Waals surface area contributed by atoms with Crippen LogP contribution in [-0.4, -0.2) is 12.0 Å². The molecule has 1 aromatic heterocycles. The first-order valence-corrected chi connectivity index (χ1v) is 4.86. The number of aromatic nitrogens is 1. The number of pyridine rings is 1. The van der Waals surface area contributed by atoms with Crippen LogP contribution in [0.25, 0.3) is 0 Å². The molecule has 0 fully saturated rings. The van der Waals surface area contributed by atoms with Crippen molar-refractivity contribution in [3.63, 3.8) is 0 Å². The summed E-state index contributed by atoms with van der Waals surface area (Å²) >= 11 is 0. The van der Waals surface area contributed by atoms with Gasteiger partial charge in [0.2, 0.25) is 0 Å². The fourth-order valence-electron chi connectivity index (χ4n) is 1.25. The van der Waals surface area contributed by atoms with Crippen molar-refractivity contribution in [3.8, 4) is 0 Å². The summed E-state index contributed by atoms with van der Waals surface area (Å²) in [6.45, 7) is 0.986. The number of rotatable bonds is 2. The van der Waals surface area contributed by atoms with E-state index in [0.29, 0.717) is 5.69 Å². The number of hydrogen-bond donors (Lipinski definition) is 0. The van der Waals surface area contributed by atoms with Gasteiger partial charge in [-0.3, -0.25) is 4.98 Å². The molecule has 1 aromatic rings. The summed E-state index contributed by atoms with van der Waals surface area (Å²) in [6, 6.07) is 4.81. The van der Waals surface area contributed by atoms with Gasteiger partial charge in [0.05, 0.1) is 0 Å². The minimum atomic E-state index is -4.80. The molecule has 0 bridgehead atoms. The Morgan fingerprint density at radius 1 is 1.19 bits per heavy atom. The van der Waals surface area contributed by atoms with Crippen LogP contribution in [0.4, 0.5) is 12.9 Å². The Bertz CT molecular complexity index is 347. The van der Waals surface area contributed by atoms with Crippen molar-refractivity contribution in [2.45, 2.75) is 32.5 Å². The largest absolute Gasteiger partial charge is 1.00 e. The van der Waals surface area contributed by atoms with E-state index in [1.165, 1.54) is 6.07 Å². The molecular weight excluding hydrogens is 241 g/mol. The molecule has 1 rings (SSSR count). The third kappa shape index (κ3) is 5.82. The average molecular weight is 255 g/mol.